The Hall–Kier alpha value is -2.03. The molecule has 0 aliphatic carbocycles. The fraction of sp³-hybridized carbons (Fsp3) is 0.133. The number of hydrogen-bond donors (Lipinski definition) is 0. The largest absolute Gasteiger partial charge is 0.245 e. The number of nitriles is 1. The molecule has 0 saturated carbocycles. The molecule has 0 saturated heterocycles. The van der Waals surface area contributed by atoms with E-state index in [0.717, 1.165) is 27.0 Å². The third-order valence-corrected chi connectivity index (χ3v) is 4.79. The number of aryl methyl sites for hydroxylation is 1. The first-order valence-corrected chi connectivity index (χ1v) is 7.86. The van der Waals surface area contributed by atoms with Gasteiger partial charge in [0.25, 0.3) is 0 Å². The van der Waals surface area contributed by atoms with Crippen LogP contribution in [0.25, 0.3) is 11.3 Å². The summed E-state index contributed by atoms with van der Waals surface area (Å²) in [5.74, 6) is -0.365. The van der Waals surface area contributed by atoms with E-state index < -0.39 is 0 Å². The van der Waals surface area contributed by atoms with Gasteiger partial charge < -0.3 is 0 Å². The van der Waals surface area contributed by atoms with Crippen molar-refractivity contribution in [2.24, 2.45) is 0 Å². The Labute approximate surface area is 125 Å². The van der Waals surface area contributed by atoms with Gasteiger partial charge >= 0.3 is 0 Å². The van der Waals surface area contributed by atoms with Gasteiger partial charge in [-0.2, -0.15) is 5.26 Å². The Bertz CT molecular complexity index is 753. The first-order valence-electron chi connectivity index (χ1n) is 6.10. The van der Waals surface area contributed by atoms with Crippen LogP contribution in [0.4, 0.5) is 0 Å². The van der Waals surface area contributed by atoms with Gasteiger partial charge in [-0.25, -0.2) is 9.97 Å². The molecule has 0 radical (unpaired) electrons. The zero-order valence-corrected chi connectivity index (χ0v) is 12.4. The van der Waals surface area contributed by atoms with Gasteiger partial charge in [-0.1, -0.05) is 30.3 Å². The van der Waals surface area contributed by atoms with E-state index in [1.807, 2.05) is 48.0 Å². The number of benzene rings is 1. The van der Waals surface area contributed by atoms with Crippen molar-refractivity contribution in [1.29, 1.82) is 5.26 Å². The Balaban J connectivity index is 1.95. The molecule has 20 heavy (non-hydrogen) atoms. The van der Waals surface area contributed by atoms with Crippen LogP contribution in [0.15, 0.2) is 41.1 Å². The van der Waals surface area contributed by atoms with E-state index in [2.05, 4.69) is 16.0 Å². The molecule has 1 atom stereocenters. The summed E-state index contributed by atoms with van der Waals surface area (Å²) in [4.78, 5) is 9.00. The van der Waals surface area contributed by atoms with E-state index in [0.29, 0.717) is 0 Å². The summed E-state index contributed by atoms with van der Waals surface area (Å²) in [5, 5.41) is 15.0. The highest BCUT2D eigenvalue weighted by molar-refractivity contribution is 7.11. The van der Waals surface area contributed by atoms with E-state index in [9.17, 15) is 5.26 Å². The normalized spacial score (nSPS) is 12.0. The van der Waals surface area contributed by atoms with Crippen LogP contribution in [-0.2, 0) is 0 Å². The van der Waals surface area contributed by atoms with Crippen LogP contribution in [0.5, 0.6) is 0 Å². The van der Waals surface area contributed by atoms with Gasteiger partial charge in [0.15, 0.2) is 0 Å². The molecule has 1 aromatic carbocycles. The Kier molecular flexibility index (Phi) is 3.59. The molecule has 5 heteroatoms. The summed E-state index contributed by atoms with van der Waals surface area (Å²) < 4.78 is 0. The fourth-order valence-corrected chi connectivity index (χ4v) is 3.67. The first kappa shape index (κ1) is 13.0. The van der Waals surface area contributed by atoms with Crippen LogP contribution in [0, 0.1) is 18.3 Å². The first-order chi connectivity index (χ1) is 9.78. The molecule has 0 spiro atoms. The second-order valence-corrected chi connectivity index (χ2v) is 6.11. The molecule has 3 nitrogen and oxygen atoms in total. The fourth-order valence-electron chi connectivity index (χ4n) is 1.88. The smallest absolute Gasteiger partial charge is 0.149 e. The van der Waals surface area contributed by atoms with Crippen molar-refractivity contribution in [3.8, 4) is 17.3 Å². The molecule has 1 unspecified atom stereocenters. The van der Waals surface area contributed by atoms with E-state index >= 15 is 0 Å². The summed E-state index contributed by atoms with van der Waals surface area (Å²) in [6, 6.07) is 12.3. The molecule has 0 amide bonds. The molecule has 3 aromatic rings. The lowest BCUT2D eigenvalue weighted by Gasteiger charge is -2.00. The van der Waals surface area contributed by atoms with E-state index in [4.69, 9.17) is 0 Å². The molecule has 98 valence electrons. The topological polar surface area (TPSA) is 49.6 Å². The summed E-state index contributed by atoms with van der Waals surface area (Å²) in [5.41, 5.74) is 2.94. The molecule has 0 N–H and O–H groups in total. The minimum Gasteiger partial charge on any atom is -0.245 e. The lowest BCUT2D eigenvalue weighted by Crippen LogP contribution is -1.97. The molecule has 2 aromatic heterocycles. The maximum absolute atomic E-state index is 9.41. The van der Waals surface area contributed by atoms with Crippen molar-refractivity contribution >= 4 is 22.7 Å². The van der Waals surface area contributed by atoms with E-state index in [1.54, 1.807) is 0 Å². The second-order valence-electron chi connectivity index (χ2n) is 4.33. The number of aromatic nitrogens is 2. The predicted octanol–water partition coefficient (Wildman–Crippen LogP) is 4.23. The average Bonchev–Trinajstić information content (AvgIpc) is 3.11. The monoisotopic (exact) mass is 297 g/mol. The lowest BCUT2D eigenvalue weighted by molar-refractivity contribution is 0.977. The number of nitrogens with zero attached hydrogens (tertiary/aromatic N) is 3. The minimum atomic E-state index is -0.365. The highest BCUT2D eigenvalue weighted by Gasteiger charge is 2.20. The standard InChI is InChI=1S/C15H11N3S2/c1-10-8-19-14(17-10)12(7-16)15-18-13(9-20-15)11-5-3-2-4-6-11/h2-6,8-9,12H,1H3. The van der Waals surface area contributed by atoms with Crippen molar-refractivity contribution in [2.75, 3.05) is 0 Å². The summed E-state index contributed by atoms with van der Waals surface area (Å²) in [7, 11) is 0. The second kappa shape index (κ2) is 5.53. The molecule has 0 aliphatic rings. The highest BCUT2D eigenvalue weighted by atomic mass is 32.1. The Morgan fingerprint density at radius 1 is 1.05 bits per heavy atom. The third-order valence-electron chi connectivity index (χ3n) is 2.85. The molecular formula is C15H11N3S2. The van der Waals surface area contributed by atoms with Gasteiger partial charge in [0, 0.05) is 22.0 Å². The SMILES string of the molecule is Cc1csc(C(C#N)c2nc(-c3ccccc3)cs2)n1. The van der Waals surface area contributed by atoms with Crippen molar-refractivity contribution in [3.63, 3.8) is 0 Å². The van der Waals surface area contributed by atoms with Gasteiger partial charge in [0.2, 0.25) is 0 Å². The predicted molar refractivity (Wildman–Crippen MR) is 81.9 cm³/mol. The molecular weight excluding hydrogens is 286 g/mol. The zero-order chi connectivity index (χ0) is 13.9. The maximum atomic E-state index is 9.41. The van der Waals surface area contributed by atoms with Crippen LogP contribution in [0.1, 0.15) is 21.6 Å². The van der Waals surface area contributed by atoms with E-state index in [-0.39, 0.29) is 5.92 Å². The van der Waals surface area contributed by atoms with Crippen molar-refractivity contribution in [3.05, 3.63) is 56.8 Å². The van der Waals surface area contributed by atoms with Gasteiger partial charge in [-0.05, 0) is 6.92 Å². The third kappa shape index (κ3) is 2.48. The van der Waals surface area contributed by atoms with Crippen LogP contribution in [-0.4, -0.2) is 9.97 Å². The number of rotatable bonds is 3. The quantitative estimate of drug-likeness (QED) is 0.727. The summed E-state index contributed by atoms with van der Waals surface area (Å²) >= 11 is 3.03. The molecule has 0 aliphatic heterocycles. The van der Waals surface area contributed by atoms with Gasteiger partial charge in [-0.15, -0.1) is 22.7 Å². The lowest BCUT2D eigenvalue weighted by atomic mass is 10.1. The molecule has 3 rings (SSSR count). The van der Waals surface area contributed by atoms with Crippen LogP contribution < -0.4 is 0 Å². The minimum absolute atomic E-state index is 0.365. The average molecular weight is 297 g/mol. The zero-order valence-electron chi connectivity index (χ0n) is 10.8. The van der Waals surface area contributed by atoms with Gasteiger partial charge in [0.1, 0.15) is 15.9 Å². The summed E-state index contributed by atoms with van der Waals surface area (Å²) in [6.07, 6.45) is 0. The number of thiazole rings is 2. The number of hydrogen-bond acceptors (Lipinski definition) is 5. The van der Waals surface area contributed by atoms with Crippen LogP contribution in [0.3, 0.4) is 0 Å². The van der Waals surface area contributed by atoms with E-state index in [1.165, 1.54) is 22.7 Å². The molecule has 0 bridgehead atoms. The van der Waals surface area contributed by atoms with Crippen molar-refractivity contribution < 1.29 is 0 Å². The summed E-state index contributed by atoms with van der Waals surface area (Å²) in [6.45, 7) is 1.94. The van der Waals surface area contributed by atoms with Gasteiger partial charge in [0.05, 0.1) is 11.8 Å². The Morgan fingerprint density at radius 3 is 2.40 bits per heavy atom. The Morgan fingerprint density at radius 2 is 1.75 bits per heavy atom. The highest BCUT2D eigenvalue weighted by Crippen LogP contribution is 2.31. The van der Waals surface area contributed by atoms with Crippen molar-refractivity contribution in [2.45, 2.75) is 12.8 Å². The molecule has 0 fully saturated rings. The van der Waals surface area contributed by atoms with Crippen molar-refractivity contribution in [1.82, 2.24) is 9.97 Å². The maximum Gasteiger partial charge on any atom is 0.149 e. The van der Waals surface area contributed by atoms with Crippen LogP contribution >= 0.6 is 22.7 Å². The van der Waals surface area contributed by atoms with Crippen LogP contribution in [0.2, 0.25) is 0 Å². The van der Waals surface area contributed by atoms with Gasteiger partial charge in [-0.3, -0.25) is 0 Å². The molecule has 2 heterocycles.